The summed E-state index contributed by atoms with van der Waals surface area (Å²) in [7, 11) is 0. The average Bonchev–Trinajstić information content (AvgIpc) is 3.60. The van der Waals surface area contributed by atoms with E-state index in [1.807, 2.05) is 13.8 Å². The lowest BCUT2D eigenvalue weighted by molar-refractivity contribution is -0.144. The molecule has 1 saturated heterocycles. The van der Waals surface area contributed by atoms with Gasteiger partial charge in [-0.2, -0.15) is 0 Å². The molecule has 0 aliphatic carbocycles. The van der Waals surface area contributed by atoms with Crippen LogP contribution in [0.1, 0.15) is 92.1 Å². The van der Waals surface area contributed by atoms with E-state index in [4.69, 9.17) is 17.2 Å². The zero-order chi connectivity index (χ0) is 41.5. The van der Waals surface area contributed by atoms with Gasteiger partial charge in [-0.15, -0.1) is 0 Å². The molecule has 0 saturated carbocycles. The Morgan fingerprint density at radius 2 is 1.51 bits per heavy atom. The van der Waals surface area contributed by atoms with E-state index in [-0.39, 0.29) is 55.9 Å². The molecule has 5 amide bonds. The highest BCUT2D eigenvalue weighted by atomic mass is 16.4. The molecule has 12 N–H and O–H groups in total. The Bertz CT molecular complexity index is 1490. The first-order valence-corrected chi connectivity index (χ1v) is 19.0. The number of likely N-dealkylation sites (tertiary alicyclic amines) is 1. The predicted octanol–water partition coefficient (Wildman–Crippen LogP) is 0.470. The normalized spacial score (nSPS) is 16.9. The van der Waals surface area contributed by atoms with Gasteiger partial charge in [-0.3, -0.25) is 29.0 Å². The number of aliphatic imine (C=N–C) groups is 1. The summed E-state index contributed by atoms with van der Waals surface area (Å²) in [6.45, 7) is 11.5. The van der Waals surface area contributed by atoms with Crippen LogP contribution in [0.3, 0.4) is 0 Å². The molecule has 1 aromatic carbocycles. The molecule has 2 rings (SSSR count). The topological polar surface area (TPSA) is 285 Å². The molecule has 6 atom stereocenters. The molecule has 0 aromatic heterocycles. The number of carboxylic acid groups (broad SMARTS) is 1. The Balaban J connectivity index is 2.38. The fraction of sp³-hybridized carbons (Fsp3) is 0.658. The van der Waals surface area contributed by atoms with Gasteiger partial charge in [-0.25, -0.2) is 4.79 Å². The minimum Gasteiger partial charge on any atom is -0.508 e. The SMILES string of the molecule is CC(C)C[C@H](NC(=O)[C@@H](NC(=O)[C@H](Cc1ccc(O)cc1)NC(=O)[C@@H]1CCCN1C(=O)[C@H](CCCN=C(N)N)NC(=O)[C@@H](C)CCCN)C(C)(C)C)C(=O)O. The monoisotopic (exact) mass is 773 g/mol. The van der Waals surface area contributed by atoms with Gasteiger partial charge in [0.25, 0.3) is 0 Å². The highest BCUT2D eigenvalue weighted by molar-refractivity contribution is 5.96. The molecule has 308 valence electrons. The number of aromatic hydroxyl groups is 1. The number of amides is 5. The smallest absolute Gasteiger partial charge is 0.326 e. The number of nitrogens with zero attached hydrogens (tertiary/aromatic N) is 2. The van der Waals surface area contributed by atoms with Crippen molar-refractivity contribution in [1.82, 2.24) is 26.2 Å². The Morgan fingerprint density at radius 3 is 2.07 bits per heavy atom. The van der Waals surface area contributed by atoms with Crippen LogP contribution in [0.15, 0.2) is 29.3 Å². The van der Waals surface area contributed by atoms with Gasteiger partial charge < -0.3 is 53.6 Å². The summed E-state index contributed by atoms with van der Waals surface area (Å²) in [5.41, 5.74) is 16.3. The first-order valence-electron chi connectivity index (χ1n) is 19.0. The van der Waals surface area contributed by atoms with Crippen molar-refractivity contribution in [3.63, 3.8) is 0 Å². The molecule has 0 radical (unpaired) electrons. The first kappa shape index (κ1) is 46.2. The van der Waals surface area contributed by atoms with Crippen LogP contribution in [0.5, 0.6) is 5.75 Å². The van der Waals surface area contributed by atoms with Crippen molar-refractivity contribution in [2.24, 2.45) is 39.4 Å². The molecule has 0 bridgehead atoms. The summed E-state index contributed by atoms with van der Waals surface area (Å²) in [6.07, 6.45) is 2.68. The highest BCUT2D eigenvalue weighted by Gasteiger charge is 2.41. The van der Waals surface area contributed by atoms with Gasteiger partial charge in [-0.05, 0) is 80.5 Å². The van der Waals surface area contributed by atoms with E-state index >= 15 is 0 Å². The van der Waals surface area contributed by atoms with Crippen LogP contribution in [-0.2, 0) is 35.2 Å². The van der Waals surface area contributed by atoms with E-state index in [1.165, 1.54) is 17.0 Å². The van der Waals surface area contributed by atoms with Crippen molar-refractivity contribution < 1.29 is 39.0 Å². The minimum atomic E-state index is -1.24. The highest BCUT2D eigenvalue weighted by Crippen LogP contribution is 2.23. The Labute approximate surface area is 324 Å². The molecular weight excluding hydrogens is 710 g/mol. The number of carboxylic acids is 1. The van der Waals surface area contributed by atoms with Crippen molar-refractivity contribution in [2.45, 2.75) is 123 Å². The number of phenolic OH excluding ortho intramolecular Hbond substituents is 1. The third kappa shape index (κ3) is 15.4. The number of nitrogens with one attached hydrogen (secondary N) is 4. The standard InChI is InChI=1S/C38H63N9O8/c1-22(2)20-28(36(54)55)45-34(52)30(38(4,5)6)46-32(50)27(21-24-13-15-25(48)16-14-24)44-33(51)29-12-9-19-47(29)35(53)26(11-8-18-42-37(40)41)43-31(49)23(3)10-7-17-39/h13-16,22-23,26-30,48H,7-12,17-21,39H2,1-6H3,(H,43,49)(H,44,51)(H,45,52)(H,46,50)(H,54,55)(H4,40,41,42)/t23-,26-,27-,28-,29-,30+/m0/s1. The lowest BCUT2D eigenvalue weighted by atomic mass is 9.85. The van der Waals surface area contributed by atoms with Gasteiger partial charge >= 0.3 is 5.97 Å². The van der Waals surface area contributed by atoms with Crippen molar-refractivity contribution in [2.75, 3.05) is 19.6 Å². The van der Waals surface area contributed by atoms with E-state index in [9.17, 15) is 39.0 Å². The Morgan fingerprint density at radius 1 is 0.873 bits per heavy atom. The number of hydrogen-bond acceptors (Lipinski definition) is 9. The lowest BCUT2D eigenvalue weighted by Crippen LogP contribution is -2.61. The molecule has 1 aromatic rings. The molecular formula is C38H63N9O8. The fourth-order valence-corrected chi connectivity index (χ4v) is 6.34. The molecule has 1 fully saturated rings. The van der Waals surface area contributed by atoms with E-state index in [0.29, 0.717) is 44.2 Å². The zero-order valence-electron chi connectivity index (χ0n) is 33.1. The second-order valence-corrected chi connectivity index (χ2v) is 15.8. The number of guanidine groups is 1. The van der Waals surface area contributed by atoms with Crippen LogP contribution < -0.4 is 38.5 Å². The Kier molecular flexibility index (Phi) is 18.3. The van der Waals surface area contributed by atoms with E-state index in [2.05, 4.69) is 26.3 Å². The largest absolute Gasteiger partial charge is 0.508 e. The third-order valence-corrected chi connectivity index (χ3v) is 9.43. The van der Waals surface area contributed by atoms with Gasteiger partial charge in [0.2, 0.25) is 29.5 Å². The van der Waals surface area contributed by atoms with Gasteiger partial charge in [0.1, 0.15) is 36.0 Å². The lowest BCUT2D eigenvalue weighted by Gasteiger charge is -2.33. The molecule has 1 aliphatic rings. The molecule has 55 heavy (non-hydrogen) atoms. The van der Waals surface area contributed by atoms with E-state index < -0.39 is 71.1 Å². The second-order valence-electron chi connectivity index (χ2n) is 15.8. The number of rotatable bonds is 21. The van der Waals surface area contributed by atoms with Gasteiger partial charge in [0, 0.05) is 25.4 Å². The van der Waals surface area contributed by atoms with Crippen molar-refractivity contribution in [3.05, 3.63) is 29.8 Å². The van der Waals surface area contributed by atoms with Crippen LogP contribution in [-0.4, -0.2) is 106 Å². The maximum Gasteiger partial charge on any atom is 0.326 e. The van der Waals surface area contributed by atoms with Gasteiger partial charge in [-0.1, -0.05) is 53.7 Å². The molecule has 1 heterocycles. The maximum atomic E-state index is 14.1. The second kappa shape index (κ2) is 21.8. The molecule has 1 aliphatic heterocycles. The van der Waals surface area contributed by atoms with Crippen LogP contribution in [0.4, 0.5) is 0 Å². The first-order chi connectivity index (χ1) is 25.7. The van der Waals surface area contributed by atoms with E-state index in [1.54, 1.807) is 39.8 Å². The maximum absolute atomic E-state index is 14.1. The van der Waals surface area contributed by atoms with Crippen LogP contribution >= 0.6 is 0 Å². The minimum absolute atomic E-state index is 0.00136. The number of carbonyl (C=O) groups is 6. The van der Waals surface area contributed by atoms with E-state index in [0.717, 1.165) is 0 Å². The fourth-order valence-electron chi connectivity index (χ4n) is 6.34. The predicted molar refractivity (Wildman–Crippen MR) is 208 cm³/mol. The number of phenols is 1. The quantitative estimate of drug-likeness (QED) is 0.0470. The number of hydrogen-bond donors (Lipinski definition) is 9. The summed E-state index contributed by atoms with van der Waals surface area (Å²) in [5.74, 6) is -4.53. The van der Waals surface area contributed by atoms with Crippen LogP contribution in [0, 0.1) is 17.3 Å². The summed E-state index contributed by atoms with van der Waals surface area (Å²) in [4.78, 5) is 86.2. The van der Waals surface area contributed by atoms with Crippen LogP contribution in [0.2, 0.25) is 0 Å². The summed E-state index contributed by atoms with van der Waals surface area (Å²) < 4.78 is 0. The van der Waals surface area contributed by atoms with Crippen LogP contribution in [0.25, 0.3) is 0 Å². The number of nitrogens with two attached hydrogens (primary N) is 3. The molecule has 0 spiro atoms. The summed E-state index contributed by atoms with van der Waals surface area (Å²) >= 11 is 0. The third-order valence-electron chi connectivity index (χ3n) is 9.43. The van der Waals surface area contributed by atoms with Gasteiger partial charge in [0.05, 0.1) is 0 Å². The summed E-state index contributed by atoms with van der Waals surface area (Å²) in [5, 5.41) is 30.5. The molecule has 17 nitrogen and oxygen atoms in total. The number of benzene rings is 1. The molecule has 17 heteroatoms. The number of carbonyl (C=O) groups excluding carboxylic acids is 5. The van der Waals surface area contributed by atoms with Gasteiger partial charge in [0.15, 0.2) is 5.96 Å². The van der Waals surface area contributed by atoms with Crippen molar-refractivity contribution >= 4 is 41.5 Å². The number of aliphatic carboxylic acids is 1. The molecule has 0 unspecified atom stereocenters. The average molecular weight is 774 g/mol. The Hall–Kier alpha value is -4.93. The van der Waals surface area contributed by atoms with Crippen molar-refractivity contribution in [1.29, 1.82) is 0 Å². The zero-order valence-corrected chi connectivity index (χ0v) is 33.1. The summed E-state index contributed by atoms with van der Waals surface area (Å²) in [6, 6.07) is 0.518. The van der Waals surface area contributed by atoms with Crippen molar-refractivity contribution in [3.8, 4) is 5.75 Å².